The summed E-state index contributed by atoms with van der Waals surface area (Å²) in [5.74, 6) is -0.823. The summed E-state index contributed by atoms with van der Waals surface area (Å²) in [5, 5.41) is 5.62. The van der Waals surface area contributed by atoms with Crippen LogP contribution in [0.25, 0.3) is 0 Å². The highest BCUT2D eigenvalue weighted by Crippen LogP contribution is 2.18. The van der Waals surface area contributed by atoms with E-state index in [-0.39, 0.29) is 0 Å². The number of hydrogen-bond donors (Lipinski definition) is 2. The van der Waals surface area contributed by atoms with E-state index in [1.165, 1.54) is 4.90 Å². The summed E-state index contributed by atoms with van der Waals surface area (Å²) in [7, 11) is 0. The van der Waals surface area contributed by atoms with Crippen LogP contribution < -0.4 is 10.6 Å². The van der Waals surface area contributed by atoms with Crippen molar-refractivity contribution in [3.8, 4) is 0 Å². The lowest BCUT2D eigenvalue weighted by Crippen LogP contribution is -2.50. The van der Waals surface area contributed by atoms with Gasteiger partial charge in [0.1, 0.15) is 5.82 Å². The fourth-order valence-corrected chi connectivity index (χ4v) is 2.00. The maximum atomic E-state index is 11.9. The molecule has 2 heterocycles. The zero-order valence-electron chi connectivity index (χ0n) is 9.65. The average Bonchev–Trinajstić information content (AvgIpc) is 2.41. The van der Waals surface area contributed by atoms with Crippen molar-refractivity contribution in [3.63, 3.8) is 0 Å². The Morgan fingerprint density at radius 1 is 1.39 bits per heavy atom. The van der Waals surface area contributed by atoms with Crippen molar-refractivity contribution in [2.75, 3.05) is 31.5 Å². The maximum Gasteiger partial charge on any atom is 0.315 e. The molecule has 0 radical (unpaired) electrons. The molecule has 0 atom stereocenters. The number of piperazine rings is 1. The second-order valence-corrected chi connectivity index (χ2v) is 4.68. The van der Waals surface area contributed by atoms with Crippen molar-refractivity contribution < 1.29 is 9.59 Å². The van der Waals surface area contributed by atoms with E-state index < -0.39 is 11.8 Å². The minimum absolute atomic E-state index is 0.353. The Labute approximate surface area is 113 Å². The summed E-state index contributed by atoms with van der Waals surface area (Å²) >= 11 is 3.26. The second kappa shape index (κ2) is 5.92. The molecule has 1 aromatic rings. The molecule has 96 valence electrons. The molecule has 1 aliphatic rings. The number of amides is 2. The number of carbonyl (C=O) groups excluding carboxylic acids is 2. The van der Waals surface area contributed by atoms with Crippen LogP contribution >= 0.6 is 15.9 Å². The lowest BCUT2D eigenvalue weighted by molar-refractivity contribution is -0.143. The van der Waals surface area contributed by atoms with Gasteiger partial charge in [0, 0.05) is 32.4 Å². The average molecular weight is 313 g/mol. The molecule has 0 aliphatic carbocycles. The number of aromatic nitrogens is 1. The van der Waals surface area contributed by atoms with Crippen molar-refractivity contribution in [2.45, 2.75) is 0 Å². The molecule has 1 fully saturated rings. The largest absolute Gasteiger partial charge is 0.332 e. The molecule has 0 bridgehead atoms. The fourth-order valence-electron chi connectivity index (χ4n) is 1.65. The number of rotatable bonds is 1. The van der Waals surface area contributed by atoms with Gasteiger partial charge in [-0.25, -0.2) is 4.98 Å². The van der Waals surface area contributed by atoms with Crippen molar-refractivity contribution in [3.05, 3.63) is 22.8 Å². The lowest BCUT2D eigenvalue weighted by atomic mass is 10.3. The Bertz CT molecular complexity index is 460. The van der Waals surface area contributed by atoms with E-state index in [0.29, 0.717) is 36.5 Å². The molecule has 0 unspecified atom stereocenters. The quantitative estimate of drug-likeness (QED) is 0.727. The zero-order valence-corrected chi connectivity index (χ0v) is 11.2. The van der Waals surface area contributed by atoms with E-state index >= 15 is 0 Å². The summed E-state index contributed by atoms with van der Waals surface area (Å²) in [5.41, 5.74) is 0. The molecule has 1 aromatic heterocycles. The van der Waals surface area contributed by atoms with Crippen molar-refractivity contribution >= 4 is 33.6 Å². The van der Waals surface area contributed by atoms with Gasteiger partial charge in [-0.15, -0.1) is 0 Å². The molecular weight excluding hydrogens is 300 g/mol. The molecule has 18 heavy (non-hydrogen) atoms. The molecule has 0 aromatic carbocycles. The second-order valence-electron chi connectivity index (χ2n) is 3.83. The minimum atomic E-state index is -0.656. The molecule has 6 nitrogen and oxygen atoms in total. The van der Waals surface area contributed by atoms with Gasteiger partial charge in [-0.05, 0) is 28.1 Å². The molecule has 0 saturated carbocycles. The standard InChI is InChI=1S/C11H13BrN4O2/c12-8-2-1-3-14-9(8)15-10(17)11(18)16-6-4-13-5-7-16/h1-3,13H,4-7H2,(H,14,15,17). The SMILES string of the molecule is O=C(Nc1ncccc1Br)C(=O)N1CCNCC1. The van der Waals surface area contributed by atoms with Crippen LogP contribution in [-0.2, 0) is 9.59 Å². The molecule has 0 spiro atoms. The van der Waals surface area contributed by atoms with E-state index in [9.17, 15) is 9.59 Å². The topological polar surface area (TPSA) is 74.3 Å². The van der Waals surface area contributed by atoms with Crippen molar-refractivity contribution in [2.24, 2.45) is 0 Å². The van der Waals surface area contributed by atoms with Gasteiger partial charge in [0.15, 0.2) is 0 Å². The first-order valence-electron chi connectivity index (χ1n) is 5.60. The Kier molecular flexibility index (Phi) is 4.27. The Morgan fingerprint density at radius 3 is 2.78 bits per heavy atom. The minimum Gasteiger partial charge on any atom is -0.332 e. The third kappa shape index (κ3) is 3.05. The van der Waals surface area contributed by atoms with Crippen molar-refractivity contribution in [1.82, 2.24) is 15.2 Å². The number of pyridine rings is 1. The van der Waals surface area contributed by atoms with E-state index in [1.54, 1.807) is 18.3 Å². The van der Waals surface area contributed by atoms with Crippen LogP contribution in [-0.4, -0.2) is 47.9 Å². The number of anilines is 1. The highest BCUT2D eigenvalue weighted by Gasteiger charge is 2.23. The lowest BCUT2D eigenvalue weighted by Gasteiger charge is -2.26. The van der Waals surface area contributed by atoms with Crippen LogP contribution in [0.15, 0.2) is 22.8 Å². The third-order valence-corrected chi connectivity index (χ3v) is 3.23. The van der Waals surface area contributed by atoms with E-state index in [0.717, 1.165) is 0 Å². The highest BCUT2D eigenvalue weighted by molar-refractivity contribution is 9.10. The van der Waals surface area contributed by atoms with Crippen molar-refractivity contribution in [1.29, 1.82) is 0 Å². The van der Waals surface area contributed by atoms with Gasteiger partial charge in [0.2, 0.25) is 0 Å². The van der Waals surface area contributed by atoms with Gasteiger partial charge in [0.05, 0.1) is 4.47 Å². The van der Waals surface area contributed by atoms with Crippen LogP contribution in [0.3, 0.4) is 0 Å². The number of halogens is 1. The normalized spacial score (nSPS) is 15.3. The summed E-state index contributed by atoms with van der Waals surface area (Å²) in [6.45, 7) is 2.53. The number of nitrogens with zero attached hydrogens (tertiary/aromatic N) is 2. The molecule has 1 saturated heterocycles. The Morgan fingerprint density at radius 2 is 2.11 bits per heavy atom. The van der Waals surface area contributed by atoms with E-state index in [2.05, 4.69) is 31.5 Å². The van der Waals surface area contributed by atoms with Gasteiger partial charge < -0.3 is 15.5 Å². The smallest absolute Gasteiger partial charge is 0.315 e. The number of hydrogen-bond acceptors (Lipinski definition) is 4. The molecule has 2 rings (SSSR count). The molecule has 7 heteroatoms. The number of carbonyl (C=O) groups is 2. The molecule has 2 N–H and O–H groups in total. The summed E-state index contributed by atoms with van der Waals surface area (Å²) in [4.78, 5) is 29.2. The summed E-state index contributed by atoms with van der Waals surface area (Å²) < 4.78 is 0.645. The Balaban J connectivity index is 1.99. The van der Waals surface area contributed by atoms with Crippen LogP contribution in [0, 0.1) is 0 Å². The predicted molar refractivity (Wildman–Crippen MR) is 70.0 cm³/mol. The van der Waals surface area contributed by atoms with Crippen LogP contribution in [0.5, 0.6) is 0 Å². The Hall–Kier alpha value is -1.47. The molecule has 1 aliphatic heterocycles. The third-order valence-electron chi connectivity index (χ3n) is 2.59. The maximum absolute atomic E-state index is 11.9. The van der Waals surface area contributed by atoms with E-state index in [4.69, 9.17) is 0 Å². The first-order valence-corrected chi connectivity index (χ1v) is 6.39. The van der Waals surface area contributed by atoms with Crippen LogP contribution in [0.4, 0.5) is 5.82 Å². The van der Waals surface area contributed by atoms with E-state index in [1.807, 2.05) is 0 Å². The van der Waals surface area contributed by atoms with Crippen LogP contribution in [0.1, 0.15) is 0 Å². The predicted octanol–water partition coefficient (Wildman–Crippen LogP) is 0.214. The van der Waals surface area contributed by atoms with Gasteiger partial charge in [-0.1, -0.05) is 0 Å². The molecular formula is C11H13BrN4O2. The zero-order chi connectivity index (χ0) is 13.0. The first kappa shape index (κ1) is 13.0. The monoisotopic (exact) mass is 312 g/mol. The highest BCUT2D eigenvalue weighted by atomic mass is 79.9. The first-order chi connectivity index (χ1) is 8.68. The van der Waals surface area contributed by atoms with Gasteiger partial charge in [-0.3, -0.25) is 9.59 Å². The summed E-state index contributed by atoms with van der Waals surface area (Å²) in [6, 6.07) is 3.48. The summed E-state index contributed by atoms with van der Waals surface area (Å²) in [6.07, 6.45) is 1.55. The van der Waals surface area contributed by atoms with Gasteiger partial charge in [-0.2, -0.15) is 0 Å². The number of nitrogens with one attached hydrogen (secondary N) is 2. The van der Waals surface area contributed by atoms with Gasteiger partial charge >= 0.3 is 11.8 Å². The molecule has 2 amide bonds. The van der Waals surface area contributed by atoms with Crippen LogP contribution in [0.2, 0.25) is 0 Å². The fraction of sp³-hybridized carbons (Fsp3) is 0.364. The van der Waals surface area contributed by atoms with Gasteiger partial charge in [0.25, 0.3) is 0 Å².